The van der Waals surface area contributed by atoms with Crippen LogP contribution in [0.5, 0.6) is 0 Å². The highest BCUT2D eigenvalue weighted by molar-refractivity contribution is 5.98. The van der Waals surface area contributed by atoms with Crippen LogP contribution in [0.15, 0.2) is 60.8 Å². The molecule has 3 rings (SSSR count). The minimum Gasteiger partial charge on any atom is -0.374 e. The van der Waals surface area contributed by atoms with Gasteiger partial charge in [0.25, 0.3) is 0 Å². The highest BCUT2D eigenvalue weighted by Crippen LogP contribution is 2.21. The first-order chi connectivity index (χ1) is 11.7. The Kier molecular flexibility index (Phi) is 4.75. The minimum absolute atomic E-state index is 0.0380. The molecule has 0 atom stereocenters. The summed E-state index contributed by atoms with van der Waals surface area (Å²) < 4.78 is 0. The molecule has 0 saturated carbocycles. The number of aromatic nitrogens is 1. The number of pyridine rings is 1. The lowest BCUT2D eigenvalue weighted by Gasteiger charge is -2.22. The van der Waals surface area contributed by atoms with Crippen LogP contribution in [-0.2, 0) is 4.79 Å². The number of nitrogens with zero attached hydrogens (tertiary/aromatic N) is 2. The van der Waals surface area contributed by atoms with Gasteiger partial charge >= 0.3 is 0 Å². The van der Waals surface area contributed by atoms with Crippen molar-refractivity contribution in [3.05, 3.63) is 66.4 Å². The highest BCUT2D eigenvalue weighted by atomic mass is 16.2. The summed E-state index contributed by atoms with van der Waals surface area (Å²) >= 11 is 0. The first kappa shape index (κ1) is 16.0. The van der Waals surface area contributed by atoms with E-state index in [9.17, 15) is 4.79 Å². The zero-order valence-electron chi connectivity index (χ0n) is 14.0. The molecule has 0 aliphatic heterocycles. The second-order valence-electron chi connectivity index (χ2n) is 5.71. The molecule has 0 saturated heterocycles. The van der Waals surface area contributed by atoms with Crippen LogP contribution in [0, 0.1) is 6.92 Å². The van der Waals surface area contributed by atoms with Crippen LogP contribution >= 0.6 is 0 Å². The SMILES string of the molecule is CCN(C(=O)CNc1cccc2cccnc12)c1cccc(C)c1. The van der Waals surface area contributed by atoms with E-state index in [0.717, 1.165) is 27.8 Å². The normalized spacial score (nSPS) is 10.6. The van der Waals surface area contributed by atoms with Gasteiger partial charge in [-0.2, -0.15) is 0 Å². The number of aryl methyl sites for hydroxylation is 1. The number of anilines is 2. The minimum atomic E-state index is 0.0380. The number of carbonyl (C=O) groups excluding carboxylic acids is 1. The van der Waals surface area contributed by atoms with Crippen molar-refractivity contribution in [1.82, 2.24) is 4.98 Å². The van der Waals surface area contributed by atoms with E-state index in [2.05, 4.69) is 10.3 Å². The van der Waals surface area contributed by atoms with Gasteiger partial charge in [-0.3, -0.25) is 9.78 Å². The molecule has 0 aliphatic carbocycles. The summed E-state index contributed by atoms with van der Waals surface area (Å²) in [5.74, 6) is 0.0380. The quantitative estimate of drug-likeness (QED) is 0.773. The molecule has 3 aromatic rings. The standard InChI is InChI=1S/C20H21N3O/c1-3-23(17-10-4-7-15(2)13-17)19(24)14-22-18-11-5-8-16-9-6-12-21-20(16)18/h4-13,22H,3,14H2,1-2H3. The Bertz CT molecular complexity index is 855. The monoisotopic (exact) mass is 319 g/mol. The van der Waals surface area contributed by atoms with Crippen molar-refractivity contribution in [1.29, 1.82) is 0 Å². The van der Waals surface area contributed by atoms with Crippen molar-refractivity contribution in [2.24, 2.45) is 0 Å². The topological polar surface area (TPSA) is 45.2 Å². The third-order valence-electron chi connectivity index (χ3n) is 3.99. The number of likely N-dealkylation sites (N-methyl/N-ethyl adjacent to an activating group) is 1. The van der Waals surface area contributed by atoms with Crippen LogP contribution in [0.3, 0.4) is 0 Å². The van der Waals surface area contributed by atoms with Gasteiger partial charge in [0, 0.05) is 23.8 Å². The molecule has 2 aromatic carbocycles. The van der Waals surface area contributed by atoms with Gasteiger partial charge in [-0.05, 0) is 43.7 Å². The average molecular weight is 319 g/mol. The Morgan fingerprint density at radius 1 is 1.12 bits per heavy atom. The van der Waals surface area contributed by atoms with Gasteiger partial charge < -0.3 is 10.2 Å². The molecular formula is C20H21N3O. The van der Waals surface area contributed by atoms with Crippen LogP contribution in [0.4, 0.5) is 11.4 Å². The number of amides is 1. The summed E-state index contributed by atoms with van der Waals surface area (Å²) in [5, 5.41) is 4.29. The molecule has 1 amide bonds. The zero-order valence-corrected chi connectivity index (χ0v) is 14.0. The lowest BCUT2D eigenvalue weighted by Crippen LogP contribution is -2.35. The summed E-state index contributed by atoms with van der Waals surface area (Å²) in [6.45, 7) is 4.89. The molecule has 122 valence electrons. The number of para-hydroxylation sites is 1. The summed E-state index contributed by atoms with van der Waals surface area (Å²) in [5.41, 5.74) is 3.83. The number of nitrogens with one attached hydrogen (secondary N) is 1. The van der Waals surface area contributed by atoms with Crippen molar-refractivity contribution in [3.63, 3.8) is 0 Å². The second-order valence-corrected chi connectivity index (χ2v) is 5.71. The third-order valence-corrected chi connectivity index (χ3v) is 3.99. The van der Waals surface area contributed by atoms with Crippen molar-refractivity contribution in [2.45, 2.75) is 13.8 Å². The molecule has 4 heteroatoms. The number of rotatable bonds is 5. The zero-order chi connectivity index (χ0) is 16.9. The van der Waals surface area contributed by atoms with Crippen molar-refractivity contribution in [2.75, 3.05) is 23.3 Å². The van der Waals surface area contributed by atoms with E-state index in [1.54, 1.807) is 11.1 Å². The molecule has 4 nitrogen and oxygen atoms in total. The predicted octanol–water partition coefficient (Wildman–Crippen LogP) is 4.01. The van der Waals surface area contributed by atoms with Crippen molar-refractivity contribution in [3.8, 4) is 0 Å². The van der Waals surface area contributed by atoms with E-state index < -0.39 is 0 Å². The third kappa shape index (κ3) is 3.38. The molecule has 0 unspecified atom stereocenters. The highest BCUT2D eigenvalue weighted by Gasteiger charge is 2.14. The van der Waals surface area contributed by atoms with Crippen LogP contribution < -0.4 is 10.2 Å². The Labute approximate surface area is 142 Å². The molecule has 0 radical (unpaired) electrons. The molecule has 1 aromatic heterocycles. The van der Waals surface area contributed by atoms with Crippen LogP contribution in [0.2, 0.25) is 0 Å². The van der Waals surface area contributed by atoms with Crippen LogP contribution in [0.1, 0.15) is 12.5 Å². The molecule has 1 N–H and O–H groups in total. The summed E-state index contributed by atoms with van der Waals surface area (Å²) in [7, 11) is 0. The van der Waals surface area contributed by atoms with E-state index in [4.69, 9.17) is 0 Å². The van der Waals surface area contributed by atoms with E-state index in [1.807, 2.05) is 68.4 Å². The Balaban J connectivity index is 1.76. The average Bonchev–Trinajstić information content (AvgIpc) is 2.60. The maximum absolute atomic E-state index is 12.6. The van der Waals surface area contributed by atoms with Gasteiger partial charge in [-0.15, -0.1) is 0 Å². The lowest BCUT2D eigenvalue weighted by atomic mass is 10.2. The fourth-order valence-electron chi connectivity index (χ4n) is 2.81. The molecular weight excluding hydrogens is 298 g/mol. The van der Waals surface area contributed by atoms with E-state index in [1.165, 1.54) is 0 Å². The van der Waals surface area contributed by atoms with Gasteiger partial charge in [0.15, 0.2) is 0 Å². The predicted molar refractivity (Wildman–Crippen MR) is 99.4 cm³/mol. The van der Waals surface area contributed by atoms with Gasteiger partial charge in [-0.25, -0.2) is 0 Å². The Morgan fingerprint density at radius 3 is 2.71 bits per heavy atom. The largest absolute Gasteiger partial charge is 0.374 e. The molecule has 24 heavy (non-hydrogen) atoms. The van der Waals surface area contributed by atoms with E-state index in [-0.39, 0.29) is 12.5 Å². The molecule has 1 heterocycles. The number of hydrogen-bond acceptors (Lipinski definition) is 3. The summed E-state index contributed by atoms with van der Waals surface area (Å²) in [6.07, 6.45) is 1.76. The summed E-state index contributed by atoms with van der Waals surface area (Å²) in [6, 6.07) is 17.9. The van der Waals surface area contributed by atoms with Gasteiger partial charge in [0.05, 0.1) is 17.7 Å². The second kappa shape index (κ2) is 7.13. The fourth-order valence-corrected chi connectivity index (χ4v) is 2.81. The van der Waals surface area contributed by atoms with Crippen molar-refractivity contribution < 1.29 is 4.79 Å². The number of hydrogen-bond donors (Lipinski definition) is 1. The molecule has 0 fully saturated rings. The Morgan fingerprint density at radius 2 is 1.92 bits per heavy atom. The first-order valence-electron chi connectivity index (χ1n) is 8.13. The number of fused-ring (bicyclic) bond motifs is 1. The van der Waals surface area contributed by atoms with Crippen LogP contribution in [-0.4, -0.2) is 24.0 Å². The van der Waals surface area contributed by atoms with Crippen molar-refractivity contribution >= 4 is 28.2 Å². The summed E-state index contributed by atoms with van der Waals surface area (Å²) in [4.78, 5) is 18.8. The fraction of sp³-hybridized carbons (Fsp3) is 0.200. The first-order valence-corrected chi connectivity index (χ1v) is 8.13. The maximum Gasteiger partial charge on any atom is 0.246 e. The van der Waals surface area contributed by atoms with E-state index in [0.29, 0.717) is 6.54 Å². The smallest absolute Gasteiger partial charge is 0.246 e. The Hall–Kier alpha value is -2.88. The van der Waals surface area contributed by atoms with E-state index >= 15 is 0 Å². The number of benzene rings is 2. The van der Waals surface area contributed by atoms with Gasteiger partial charge in [-0.1, -0.05) is 30.3 Å². The maximum atomic E-state index is 12.6. The van der Waals surface area contributed by atoms with Crippen LogP contribution in [0.25, 0.3) is 10.9 Å². The molecule has 0 aliphatic rings. The molecule has 0 spiro atoms. The number of carbonyl (C=O) groups is 1. The van der Waals surface area contributed by atoms with Gasteiger partial charge in [0.1, 0.15) is 0 Å². The van der Waals surface area contributed by atoms with Gasteiger partial charge in [0.2, 0.25) is 5.91 Å². The molecule has 0 bridgehead atoms. The lowest BCUT2D eigenvalue weighted by molar-refractivity contribution is -0.116.